The van der Waals surface area contributed by atoms with Gasteiger partial charge in [-0.15, -0.1) is 6.42 Å². The highest BCUT2D eigenvalue weighted by Crippen LogP contribution is 2.34. The molecule has 76 valence electrons. The fourth-order valence-corrected chi connectivity index (χ4v) is 2.83. The SMILES string of the molecule is C#CCSC1=NNC(c2ccccn2)S1. The number of thioether (sulfide) groups is 2. The Morgan fingerprint density at radius 2 is 2.53 bits per heavy atom. The van der Waals surface area contributed by atoms with Gasteiger partial charge in [0.15, 0.2) is 4.38 Å². The van der Waals surface area contributed by atoms with Gasteiger partial charge in [-0.05, 0) is 12.1 Å². The van der Waals surface area contributed by atoms with E-state index in [1.54, 1.807) is 29.7 Å². The molecule has 1 N–H and O–H groups in total. The van der Waals surface area contributed by atoms with Crippen LogP contribution < -0.4 is 5.43 Å². The van der Waals surface area contributed by atoms with Crippen molar-refractivity contribution in [3.05, 3.63) is 30.1 Å². The van der Waals surface area contributed by atoms with Crippen LogP contribution in [0.4, 0.5) is 0 Å². The lowest BCUT2D eigenvalue weighted by molar-refractivity contribution is 0.725. The van der Waals surface area contributed by atoms with E-state index in [9.17, 15) is 0 Å². The van der Waals surface area contributed by atoms with E-state index < -0.39 is 0 Å². The van der Waals surface area contributed by atoms with Gasteiger partial charge in [-0.1, -0.05) is 35.5 Å². The highest BCUT2D eigenvalue weighted by Gasteiger charge is 2.21. The van der Waals surface area contributed by atoms with E-state index in [-0.39, 0.29) is 5.37 Å². The zero-order valence-corrected chi connectivity index (χ0v) is 9.52. The highest BCUT2D eigenvalue weighted by atomic mass is 32.2. The van der Waals surface area contributed by atoms with Gasteiger partial charge in [-0.2, -0.15) is 5.10 Å². The molecule has 3 nitrogen and oxygen atoms in total. The topological polar surface area (TPSA) is 37.3 Å². The van der Waals surface area contributed by atoms with Crippen LogP contribution in [0.1, 0.15) is 11.1 Å². The molecule has 15 heavy (non-hydrogen) atoms. The zero-order chi connectivity index (χ0) is 10.5. The molecular formula is C10H9N3S2. The maximum atomic E-state index is 5.18. The molecule has 1 unspecified atom stereocenters. The van der Waals surface area contributed by atoms with E-state index in [2.05, 4.69) is 21.4 Å². The largest absolute Gasteiger partial charge is 0.289 e. The number of hydrogen-bond donors (Lipinski definition) is 1. The lowest BCUT2D eigenvalue weighted by atomic mass is 10.3. The van der Waals surface area contributed by atoms with Crippen molar-refractivity contribution >= 4 is 27.9 Å². The van der Waals surface area contributed by atoms with Crippen LogP contribution in [0.3, 0.4) is 0 Å². The Hall–Kier alpha value is -1.12. The van der Waals surface area contributed by atoms with Crippen LogP contribution in [0.15, 0.2) is 29.5 Å². The van der Waals surface area contributed by atoms with E-state index in [4.69, 9.17) is 6.42 Å². The molecule has 0 saturated carbocycles. The number of hydrogen-bond acceptors (Lipinski definition) is 5. The molecule has 5 heteroatoms. The molecule has 1 aromatic rings. The van der Waals surface area contributed by atoms with Crippen LogP contribution in [-0.2, 0) is 0 Å². The van der Waals surface area contributed by atoms with Gasteiger partial charge >= 0.3 is 0 Å². The second kappa shape index (κ2) is 5.10. The van der Waals surface area contributed by atoms with Crippen molar-refractivity contribution in [2.75, 3.05) is 5.75 Å². The van der Waals surface area contributed by atoms with Gasteiger partial charge in [-0.25, -0.2) is 0 Å². The number of nitrogens with zero attached hydrogens (tertiary/aromatic N) is 2. The number of rotatable bonds is 2. The van der Waals surface area contributed by atoms with Crippen LogP contribution in [-0.4, -0.2) is 15.1 Å². The van der Waals surface area contributed by atoms with Crippen molar-refractivity contribution < 1.29 is 0 Å². The molecule has 1 aromatic heterocycles. The smallest absolute Gasteiger partial charge is 0.153 e. The predicted molar refractivity (Wildman–Crippen MR) is 66.4 cm³/mol. The van der Waals surface area contributed by atoms with Crippen LogP contribution in [0.2, 0.25) is 0 Å². The molecular weight excluding hydrogens is 226 g/mol. The first-order chi connectivity index (χ1) is 7.40. The Morgan fingerprint density at radius 3 is 3.27 bits per heavy atom. The van der Waals surface area contributed by atoms with E-state index >= 15 is 0 Å². The Bertz CT molecular complexity index is 397. The molecule has 1 atom stereocenters. The molecule has 2 heterocycles. The number of pyridine rings is 1. The van der Waals surface area contributed by atoms with E-state index in [1.165, 1.54) is 0 Å². The summed E-state index contributed by atoms with van der Waals surface area (Å²) in [5.41, 5.74) is 4.02. The van der Waals surface area contributed by atoms with Crippen molar-refractivity contribution in [2.24, 2.45) is 5.10 Å². The summed E-state index contributed by atoms with van der Waals surface area (Å²) in [6.07, 6.45) is 6.97. The second-order valence-electron chi connectivity index (χ2n) is 2.75. The first-order valence-corrected chi connectivity index (χ1v) is 6.24. The molecule has 1 aliphatic rings. The van der Waals surface area contributed by atoms with Crippen molar-refractivity contribution in [1.29, 1.82) is 0 Å². The zero-order valence-electron chi connectivity index (χ0n) is 7.88. The lowest BCUT2D eigenvalue weighted by Gasteiger charge is -2.06. The minimum absolute atomic E-state index is 0.117. The van der Waals surface area contributed by atoms with Crippen molar-refractivity contribution in [3.63, 3.8) is 0 Å². The van der Waals surface area contributed by atoms with E-state index in [0.29, 0.717) is 5.75 Å². The Kier molecular flexibility index (Phi) is 3.54. The van der Waals surface area contributed by atoms with Gasteiger partial charge < -0.3 is 0 Å². The standard InChI is InChI=1S/C10H9N3S2/c1-2-7-14-10-13-12-9(15-10)8-5-3-4-6-11-8/h1,3-6,9,12H,7H2. The molecule has 2 rings (SSSR count). The number of nitrogens with one attached hydrogen (secondary N) is 1. The summed E-state index contributed by atoms with van der Waals surface area (Å²) in [7, 11) is 0. The number of terminal acetylenes is 1. The molecule has 0 amide bonds. The molecule has 0 aromatic carbocycles. The summed E-state index contributed by atoms with van der Waals surface area (Å²) in [5.74, 6) is 3.23. The summed E-state index contributed by atoms with van der Waals surface area (Å²) in [4.78, 5) is 4.27. The predicted octanol–water partition coefficient (Wildman–Crippen LogP) is 2.05. The molecule has 1 aliphatic heterocycles. The third kappa shape index (κ3) is 2.67. The maximum absolute atomic E-state index is 5.18. The Labute approximate surface area is 97.1 Å². The molecule has 0 saturated heterocycles. The first kappa shape index (κ1) is 10.4. The van der Waals surface area contributed by atoms with Crippen molar-refractivity contribution in [1.82, 2.24) is 10.4 Å². The van der Waals surface area contributed by atoms with Crippen molar-refractivity contribution in [2.45, 2.75) is 5.37 Å². The summed E-state index contributed by atoms with van der Waals surface area (Å²) in [6, 6.07) is 5.85. The molecule has 0 spiro atoms. The van der Waals surface area contributed by atoms with Crippen LogP contribution >= 0.6 is 23.5 Å². The molecule has 0 fully saturated rings. The second-order valence-corrected chi connectivity index (χ2v) is 5.07. The van der Waals surface area contributed by atoms with Crippen molar-refractivity contribution in [3.8, 4) is 12.3 Å². The molecule has 0 radical (unpaired) electrons. The molecule has 0 bridgehead atoms. The van der Waals surface area contributed by atoms with Gasteiger partial charge in [0.1, 0.15) is 5.37 Å². The quantitative estimate of drug-likeness (QED) is 0.796. The third-order valence-corrected chi connectivity index (χ3v) is 3.89. The Morgan fingerprint density at radius 1 is 1.60 bits per heavy atom. The van der Waals surface area contributed by atoms with Gasteiger partial charge in [0.25, 0.3) is 0 Å². The normalized spacial score (nSPS) is 19.1. The fourth-order valence-electron chi connectivity index (χ4n) is 1.09. The van der Waals surface area contributed by atoms with Gasteiger partial charge in [-0.3, -0.25) is 10.4 Å². The summed E-state index contributed by atoms with van der Waals surface area (Å²) in [5, 5.41) is 4.31. The monoisotopic (exact) mass is 235 g/mol. The highest BCUT2D eigenvalue weighted by molar-refractivity contribution is 8.39. The number of aromatic nitrogens is 1. The van der Waals surface area contributed by atoms with Crippen LogP contribution in [0.25, 0.3) is 0 Å². The number of hydrazone groups is 1. The fraction of sp³-hybridized carbons (Fsp3) is 0.200. The lowest BCUT2D eigenvalue weighted by Crippen LogP contribution is -2.07. The average molecular weight is 235 g/mol. The average Bonchev–Trinajstić information content (AvgIpc) is 2.76. The van der Waals surface area contributed by atoms with Crippen LogP contribution in [0, 0.1) is 12.3 Å². The molecule has 0 aliphatic carbocycles. The minimum Gasteiger partial charge on any atom is -0.289 e. The van der Waals surface area contributed by atoms with Gasteiger partial charge in [0.05, 0.1) is 11.4 Å². The van der Waals surface area contributed by atoms with Crippen LogP contribution in [0.5, 0.6) is 0 Å². The minimum atomic E-state index is 0.117. The third-order valence-electron chi connectivity index (χ3n) is 1.73. The first-order valence-electron chi connectivity index (χ1n) is 4.37. The summed E-state index contributed by atoms with van der Waals surface area (Å²) >= 11 is 3.22. The van der Waals surface area contributed by atoms with Gasteiger partial charge in [0.2, 0.25) is 0 Å². The summed E-state index contributed by atoms with van der Waals surface area (Å²) < 4.78 is 0.976. The van der Waals surface area contributed by atoms with E-state index in [1.807, 2.05) is 18.2 Å². The summed E-state index contributed by atoms with van der Waals surface area (Å²) in [6.45, 7) is 0. The van der Waals surface area contributed by atoms with E-state index in [0.717, 1.165) is 10.1 Å². The maximum Gasteiger partial charge on any atom is 0.153 e. The Balaban J connectivity index is 1.94. The van der Waals surface area contributed by atoms with Gasteiger partial charge in [0, 0.05) is 6.20 Å².